The Balaban J connectivity index is 2.14. The Morgan fingerprint density at radius 3 is 2.14 bits per heavy atom. The second-order valence-electron chi connectivity index (χ2n) is 6.25. The van der Waals surface area contributed by atoms with Gasteiger partial charge in [0, 0.05) is 12.6 Å². The normalized spacial score (nSPS) is 18.3. The third-order valence-corrected chi connectivity index (χ3v) is 4.76. The molecule has 28 heavy (non-hydrogen) atoms. The lowest BCUT2D eigenvalue weighted by Crippen LogP contribution is -2.24. The highest BCUT2D eigenvalue weighted by Crippen LogP contribution is 2.41. The van der Waals surface area contributed by atoms with Crippen LogP contribution < -0.4 is 14.2 Å². The Morgan fingerprint density at radius 2 is 1.57 bits per heavy atom. The van der Waals surface area contributed by atoms with Crippen LogP contribution in [-0.4, -0.2) is 50.1 Å². The average molecular weight is 383 g/mol. The third kappa shape index (κ3) is 3.15. The number of benzene rings is 2. The maximum Gasteiger partial charge on any atom is 0.295 e. The van der Waals surface area contributed by atoms with Gasteiger partial charge in [-0.15, -0.1) is 0 Å². The lowest BCUT2D eigenvalue weighted by Gasteiger charge is -2.22. The summed E-state index contributed by atoms with van der Waals surface area (Å²) in [6.07, 6.45) is 0. The quantitative estimate of drug-likeness (QED) is 0.485. The summed E-state index contributed by atoms with van der Waals surface area (Å²) >= 11 is 0. The zero-order valence-corrected chi connectivity index (χ0v) is 16.1. The molecule has 3 rings (SSSR count). The number of likely N-dealkylation sites (tertiary alicyclic amines) is 1. The van der Waals surface area contributed by atoms with Crippen LogP contribution in [-0.2, 0) is 9.59 Å². The summed E-state index contributed by atoms with van der Waals surface area (Å²) in [5.41, 5.74) is 1.05. The topological polar surface area (TPSA) is 85.3 Å². The van der Waals surface area contributed by atoms with Crippen LogP contribution in [0.3, 0.4) is 0 Å². The van der Waals surface area contributed by atoms with Gasteiger partial charge in [0.05, 0.1) is 32.9 Å². The molecule has 0 saturated carbocycles. The van der Waals surface area contributed by atoms with E-state index in [1.165, 1.54) is 33.3 Å². The average Bonchev–Trinajstić information content (AvgIpc) is 2.96. The third-order valence-electron chi connectivity index (χ3n) is 4.76. The van der Waals surface area contributed by atoms with Gasteiger partial charge in [-0.1, -0.05) is 6.07 Å². The van der Waals surface area contributed by atoms with Crippen molar-refractivity contribution in [1.82, 2.24) is 4.90 Å². The molecule has 0 radical (unpaired) electrons. The van der Waals surface area contributed by atoms with Gasteiger partial charge in [-0.25, -0.2) is 0 Å². The van der Waals surface area contributed by atoms with Crippen molar-refractivity contribution >= 4 is 17.4 Å². The van der Waals surface area contributed by atoms with Gasteiger partial charge >= 0.3 is 0 Å². The van der Waals surface area contributed by atoms with E-state index in [1.54, 1.807) is 42.5 Å². The number of rotatable bonds is 5. The molecule has 1 aliphatic heterocycles. The minimum absolute atomic E-state index is 0.0184. The van der Waals surface area contributed by atoms with Gasteiger partial charge in [-0.3, -0.25) is 9.59 Å². The first-order valence-electron chi connectivity index (χ1n) is 8.53. The number of aliphatic hydroxyl groups is 1. The van der Waals surface area contributed by atoms with E-state index in [0.29, 0.717) is 28.4 Å². The summed E-state index contributed by atoms with van der Waals surface area (Å²) in [6, 6.07) is 11.0. The van der Waals surface area contributed by atoms with Crippen LogP contribution in [0.25, 0.3) is 5.76 Å². The standard InChI is InChI=1S/C21H21NO6/c1-22-18(13-7-10-15(27-3)16(11-13)28-4)17(20(24)21(22)25)19(23)12-5-8-14(26-2)9-6-12/h5-11,18,23H,1-4H3. The minimum Gasteiger partial charge on any atom is -0.507 e. The molecule has 1 N–H and O–H groups in total. The molecule has 1 atom stereocenters. The molecule has 1 aliphatic rings. The van der Waals surface area contributed by atoms with E-state index in [1.807, 2.05) is 0 Å². The predicted molar refractivity (Wildman–Crippen MR) is 103 cm³/mol. The van der Waals surface area contributed by atoms with Crippen LogP contribution in [0.4, 0.5) is 0 Å². The van der Waals surface area contributed by atoms with Gasteiger partial charge in [0.2, 0.25) is 0 Å². The smallest absolute Gasteiger partial charge is 0.295 e. The van der Waals surface area contributed by atoms with Crippen LogP contribution in [0.2, 0.25) is 0 Å². The van der Waals surface area contributed by atoms with Crippen molar-refractivity contribution in [3.05, 3.63) is 59.2 Å². The number of amides is 1. The largest absolute Gasteiger partial charge is 0.507 e. The fraction of sp³-hybridized carbons (Fsp3) is 0.238. The fourth-order valence-electron chi connectivity index (χ4n) is 3.27. The number of ketones is 1. The number of nitrogens with zero attached hydrogens (tertiary/aromatic N) is 1. The molecule has 0 bridgehead atoms. The Hall–Kier alpha value is -3.48. The van der Waals surface area contributed by atoms with Gasteiger partial charge in [0.1, 0.15) is 11.5 Å². The lowest BCUT2D eigenvalue weighted by molar-refractivity contribution is -0.139. The zero-order chi connectivity index (χ0) is 20.4. The first kappa shape index (κ1) is 19.3. The van der Waals surface area contributed by atoms with Crippen molar-refractivity contribution < 1.29 is 28.9 Å². The van der Waals surface area contributed by atoms with E-state index in [-0.39, 0.29) is 11.3 Å². The van der Waals surface area contributed by atoms with Gasteiger partial charge < -0.3 is 24.2 Å². The van der Waals surface area contributed by atoms with Crippen LogP contribution in [0.5, 0.6) is 17.2 Å². The zero-order valence-electron chi connectivity index (χ0n) is 16.1. The van der Waals surface area contributed by atoms with E-state index in [4.69, 9.17) is 14.2 Å². The minimum atomic E-state index is -0.748. The van der Waals surface area contributed by atoms with Crippen LogP contribution in [0.15, 0.2) is 48.0 Å². The molecule has 0 aliphatic carbocycles. The molecule has 7 nitrogen and oxygen atoms in total. The van der Waals surface area contributed by atoms with Crippen molar-refractivity contribution in [1.29, 1.82) is 0 Å². The Labute approximate surface area is 162 Å². The first-order valence-corrected chi connectivity index (χ1v) is 8.53. The van der Waals surface area contributed by atoms with E-state index in [2.05, 4.69) is 0 Å². The highest BCUT2D eigenvalue weighted by atomic mass is 16.5. The molecule has 0 spiro atoms. The van der Waals surface area contributed by atoms with E-state index in [0.717, 1.165) is 0 Å². The molecule has 1 unspecified atom stereocenters. The molecular formula is C21H21NO6. The fourth-order valence-corrected chi connectivity index (χ4v) is 3.27. The number of Topliss-reactive ketones (excluding diaryl/α,β-unsaturated/α-hetero) is 1. The van der Waals surface area contributed by atoms with Crippen molar-refractivity contribution in [3.8, 4) is 17.2 Å². The molecular weight excluding hydrogens is 362 g/mol. The molecule has 2 aromatic carbocycles. The number of hydrogen-bond donors (Lipinski definition) is 1. The first-order chi connectivity index (χ1) is 13.4. The summed E-state index contributed by atoms with van der Waals surface area (Å²) in [5, 5.41) is 10.8. The monoisotopic (exact) mass is 383 g/mol. The van der Waals surface area contributed by atoms with Gasteiger partial charge in [-0.05, 0) is 42.0 Å². The number of carbonyl (C=O) groups is 2. The number of ether oxygens (including phenoxy) is 3. The molecule has 1 fully saturated rings. The second kappa shape index (κ2) is 7.64. The van der Waals surface area contributed by atoms with Gasteiger partial charge in [0.25, 0.3) is 11.7 Å². The van der Waals surface area contributed by atoms with Gasteiger partial charge in [-0.2, -0.15) is 0 Å². The molecule has 1 heterocycles. The van der Waals surface area contributed by atoms with Crippen molar-refractivity contribution in [2.45, 2.75) is 6.04 Å². The van der Waals surface area contributed by atoms with Crippen molar-refractivity contribution in [3.63, 3.8) is 0 Å². The summed E-state index contributed by atoms with van der Waals surface area (Å²) in [7, 11) is 6.08. The molecule has 1 amide bonds. The maximum atomic E-state index is 12.6. The summed E-state index contributed by atoms with van der Waals surface area (Å²) < 4.78 is 15.7. The van der Waals surface area contributed by atoms with Gasteiger partial charge in [0.15, 0.2) is 11.5 Å². The van der Waals surface area contributed by atoms with Crippen molar-refractivity contribution in [2.75, 3.05) is 28.4 Å². The summed E-state index contributed by atoms with van der Waals surface area (Å²) in [6.45, 7) is 0. The van der Waals surface area contributed by atoms with Crippen molar-refractivity contribution in [2.24, 2.45) is 0 Å². The number of methoxy groups -OCH3 is 3. The van der Waals surface area contributed by atoms with E-state index < -0.39 is 17.7 Å². The summed E-state index contributed by atoms with van der Waals surface area (Å²) in [5.74, 6) is -0.0718. The number of hydrogen-bond acceptors (Lipinski definition) is 6. The Kier molecular flexibility index (Phi) is 5.26. The second-order valence-corrected chi connectivity index (χ2v) is 6.25. The molecule has 7 heteroatoms. The maximum absolute atomic E-state index is 12.6. The summed E-state index contributed by atoms with van der Waals surface area (Å²) in [4.78, 5) is 26.3. The Morgan fingerprint density at radius 1 is 0.929 bits per heavy atom. The van der Waals surface area contributed by atoms with Crippen LogP contribution >= 0.6 is 0 Å². The predicted octanol–water partition coefficient (Wildman–Crippen LogP) is 2.76. The molecule has 0 aromatic heterocycles. The highest BCUT2D eigenvalue weighted by Gasteiger charge is 2.44. The van der Waals surface area contributed by atoms with E-state index >= 15 is 0 Å². The number of carbonyl (C=O) groups excluding carboxylic acids is 2. The van der Waals surface area contributed by atoms with Crippen LogP contribution in [0, 0.1) is 0 Å². The highest BCUT2D eigenvalue weighted by molar-refractivity contribution is 6.46. The Bertz CT molecular complexity index is 948. The number of likely N-dealkylation sites (N-methyl/N-ethyl adjacent to an activating group) is 1. The molecule has 1 saturated heterocycles. The molecule has 2 aromatic rings. The van der Waals surface area contributed by atoms with E-state index in [9.17, 15) is 14.7 Å². The lowest BCUT2D eigenvalue weighted by atomic mass is 9.95. The molecule has 146 valence electrons. The number of aliphatic hydroxyl groups excluding tert-OH is 1. The van der Waals surface area contributed by atoms with Crippen LogP contribution in [0.1, 0.15) is 17.2 Å². The SMILES string of the molecule is COc1ccc(C(O)=C2C(=O)C(=O)N(C)C2c2ccc(OC)c(OC)c2)cc1.